The van der Waals surface area contributed by atoms with Crippen LogP contribution in [-0.4, -0.2) is 21.9 Å². The van der Waals surface area contributed by atoms with E-state index in [1.54, 1.807) is 12.1 Å². The topological polar surface area (TPSA) is 52.0 Å². The van der Waals surface area contributed by atoms with Crippen LogP contribution < -0.4 is 10.1 Å². The fourth-order valence-corrected chi connectivity index (χ4v) is 2.53. The third kappa shape index (κ3) is 2.97. The summed E-state index contributed by atoms with van der Waals surface area (Å²) in [5.41, 5.74) is 0.975. The van der Waals surface area contributed by atoms with E-state index < -0.39 is 0 Å². The van der Waals surface area contributed by atoms with Crippen LogP contribution in [0.3, 0.4) is 0 Å². The van der Waals surface area contributed by atoms with E-state index in [-0.39, 0.29) is 17.6 Å². The van der Waals surface area contributed by atoms with Crippen LogP contribution in [0, 0.1) is 5.82 Å². The molecule has 2 aromatic rings. The van der Waals surface area contributed by atoms with Crippen molar-refractivity contribution < 1.29 is 9.13 Å². The second-order valence-electron chi connectivity index (χ2n) is 5.80. The lowest BCUT2D eigenvalue weighted by molar-refractivity contribution is 0.385. The van der Waals surface area contributed by atoms with Gasteiger partial charge in [-0.25, -0.2) is 4.39 Å². The van der Waals surface area contributed by atoms with Crippen LogP contribution >= 0.6 is 0 Å². The Morgan fingerprint density at radius 1 is 1.41 bits per heavy atom. The average molecular weight is 304 g/mol. The molecule has 5 nitrogen and oxygen atoms in total. The summed E-state index contributed by atoms with van der Waals surface area (Å²) in [5, 5.41) is 11.9. The summed E-state index contributed by atoms with van der Waals surface area (Å²) >= 11 is 0. The molecule has 1 aromatic carbocycles. The second kappa shape index (κ2) is 6.04. The molecular formula is C16H21FN4O. The first-order valence-electron chi connectivity index (χ1n) is 7.55. The molecule has 1 unspecified atom stereocenters. The Labute approximate surface area is 129 Å². The molecule has 0 aliphatic heterocycles. The summed E-state index contributed by atoms with van der Waals surface area (Å²) in [7, 11) is 3.48. The molecule has 0 saturated heterocycles. The molecule has 1 fully saturated rings. The van der Waals surface area contributed by atoms with Crippen LogP contribution in [-0.2, 0) is 13.6 Å². The summed E-state index contributed by atoms with van der Waals surface area (Å²) in [6.07, 6.45) is 2.43. The number of methoxy groups -OCH3 is 1. The van der Waals surface area contributed by atoms with Gasteiger partial charge in [-0.05, 0) is 37.5 Å². The van der Waals surface area contributed by atoms with Gasteiger partial charge in [0.15, 0.2) is 11.6 Å². The van der Waals surface area contributed by atoms with Crippen molar-refractivity contribution in [1.29, 1.82) is 0 Å². The minimum atomic E-state index is -0.346. The molecule has 118 valence electrons. The van der Waals surface area contributed by atoms with E-state index in [2.05, 4.69) is 20.1 Å². The Morgan fingerprint density at radius 3 is 2.86 bits per heavy atom. The van der Waals surface area contributed by atoms with Crippen LogP contribution in [0.4, 0.5) is 4.39 Å². The number of ether oxygens (including phenoxy) is 1. The monoisotopic (exact) mass is 304 g/mol. The number of nitrogens with zero attached hydrogens (tertiary/aromatic N) is 3. The minimum absolute atomic E-state index is 0.0653. The lowest BCUT2D eigenvalue weighted by Gasteiger charge is -2.15. The van der Waals surface area contributed by atoms with Gasteiger partial charge in [0.05, 0.1) is 13.7 Å². The predicted octanol–water partition coefficient (Wildman–Crippen LogP) is 2.69. The van der Waals surface area contributed by atoms with Gasteiger partial charge in [0, 0.05) is 19.0 Å². The third-order valence-electron chi connectivity index (χ3n) is 4.18. The van der Waals surface area contributed by atoms with Gasteiger partial charge < -0.3 is 14.6 Å². The molecule has 1 N–H and O–H groups in total. The number of nitrogens with one attached hydrogen (secondary N) is 1. The number of aromatic nitrogens is 3. The standard InChI is InChI=1S/C16H21FN4O/c1-10(12-6-7-13(17)14(8-12)22-3)18-9-15-19-20-16(21(15)2)11-4-5-11/h6-8,10-11,18H,4-5,9H2,1-3H3. The maximum absolute atomic E-state index is 13.5. The van der Waals surface area contributed by atoms with Crippen molar-refractivity contribution in [3.8, 4) is 5.75 Å². The Bertz CT molecular complexity index is 666. The summed E-state index contributed by atoms with van der Waals surface area (Å²) in [4.78, 5) is 0. The Balaban J connectivity index is 1.65. The summed E-state index contributed by atoms with van der Waals surface area (Å²) in [5.74, 6) is 2.50. The molecule has 1 saturated carbocycles. The zero-order chi connectivity index (χ0) is 15.7. The molecule has 0 amide bonds. The van der Waals surface area contributed by atoms with Gasteiger partial charge in [-0.2, -0.15) is 0 Å². The lowest BCUT2D eigenvalue weighted by Crippen LogP contribution is -2.20. The van der Waals surface area contributed by atoms with Crippen molar-refractivity contribution >= 4 is 0 Å². The van der Waals surface area contributed by atoms with Crippen molar-refractivity contribution in [2.45, 2.75) is 38.3 Å². The van der Waals surface area contributed by atoms with Crippen LogP contribution in [0.2, 0.25) is 0 Å². The first-order valence-corrected chi connectivity index (χ1v) is 7.55. The number of hydrogen-bond acceptors (Lipinski definition) is 4. The van der Waals surface area contributed by atoms with E-state index in [1.807, 2.05) is 14.0 Å². The second-order valence-corrected chi connectivity index (χ2v) is 5.80. The van der Waals surface area contributed by atoms with Gasteiger partial charge in [-0.3, -0.25) is 0 Å². The smallest absolute Gasteiger partial charge is 0.165 e. The van der Waals surface area contributed by atoms with Gasteiger partial charge in [0.1, 0.15) is 11.6 Å². The summed E-state index contributed by atoms with van der Waals surface area (Å²) < 4.78 is 20.6. The molecule has 0 radical (unpaired) electrons. The average Bonchev–Trinajstić information content (AvgIpc) is 3.29. The highest BCUT2D eigenvalue weighted by molar-refractivity contribution is 5.31. The first kappa shape index (κ1) is 15.0. The molecule has 0 bridgehead atoms. The Hall–Kier alpha value is -1.95. The summed E-state index contributed by atoms with van der Waals surface area (Å²) in [6.45, 7) is 2.65. The zero-order valence-corrected chi connectivity index (χ0v) is 13.1. The Kier molecular flexibility index (Phi) is 4.11. The van der Waals surface area contributed by atoms with Crippen molar-refractivity contribution in [2.24, 2.45) is 7.05 Å². The lowest BCUT2D eigenvalue weighted by atomic mass is 10.1. The quantitative estimate of drug-likeness (QED) is 0.891. The first-order chi connectivity index (χ1) is 10.6. The molecule has 1 aromatic heterocycles. The number of hydrogen-bond donors (Lipinski definition) is 1. The molecule has 1 aliphatic rings. The normalized spacial score (nSPS) is 15.8. The highest BCUT2D eigenvalue weighted by atomic mass is 19.1. The van der Waals surface area contributed by atoms with Crippen LogP contribution in [0.1, 0.15) is 48.9 Å². The van der Waals surface area contributed by atoms with E-state index in [0.717, 1.165) is 17.2 Å². The highest BCUT2D eigenvalue weighted by Gasteiger charge is 2.29. The fourth-order valence-electron chi connectivity index (χ4n) is 2.53. The summed E-state index contributed by atoms with van der Waals surface area (Å²) in [6, 6.07) is 4.98. The molecule has 0 spiro atoms. The van der Waals surface area contributed by atoms with Gasteiger partial charge in [-0.1, -0.05) is 6.07 Å². The number of rotatable bonds is 6. The molecular weight excluding hydrogens is 283 g/mol. The predicted molar refractivity (Wildman–Crippen MR) is 81.2 cm³/mol. The van der Waals surface area contributed by atoms with Gasteiger partial charge in [0.2, 0.25) is 0 Å². The van der Waals surface area contributed by atoms with Gasteiger partial charge in [-0.15, -0.1) is 10.2 Å². The maximum Gasteiger partial charge on any atom is 0.165 e. The van der Waals surface area contributed by atoms with E-state index >= 15 is 0 Å². The van der Waals surface area contributed by atoms with Crippen LogP contribution in [0.5, 0.6) is 5.75 Å². The molecule has 1 heterocycles. The van der Waals surface area contributed by atoms with Crippen molar-refractivity contribution in [3.63, 3.8) is 0 Å². The van der Waals surface area contributed by atoms with Crippen molar-refractivity contribution in [1.82, 2.24) is 20.1 Å². The van der Waals surface area contributed by atoms with E-state index in [4.69, 9.17) is 4.74 Å². The molecule has 3 rings (SSSR count). The van der Waals surface area contributed by atoms with E-state index in [9.17, 15) is 4.39 Å². The number of benzene rings is 1. The molecule has 1 atom stereocenters. The van der Waals surface area contributed by atoms with Crippen molar-refractivity contribution in [2.75, 3.05) is 7.11 Å². The maximum atomic E-state index is 13.5. The minimum Gasteiger partial charge on any atom is -0.494 e. The van der Waals surface area contributed by atoms with Gasteiger partial charge >= 0.3 is 0 Å². The molecule has 22 heavy (non-hydrogen) atoms. The zero-order valence-electron chi connectivity index (χ0n) is 13.1. The van der Waals surface area contributed by atoms with Crippen LogP contribution in [0.25, 0.3) is 0 Å². The van der Waals surface area contributed by atoms with Gasteiger partial charge in [0.25, 0.3) is 0 Å². The molecule has 6 heteroatoms. The third-order valence-corrected chi connectivity index (χ3v) is 4.18. The van der Waals surface area contributed by atoms with E-state index in [1.165, 1.54) is 26.0 Å². The Morgan fingerprint density at radius 2 is 2.18 bits per heavy atom. The fraction of sp³-hybridized carbons (Fsp3) is 0.500. The molecule has 1 aliphatic carbocycles. The SMILES string of the molecule is COc1cc(C(C)NCc2nnc(C3CC3)n2C)ccc1F. The number of halogens is 1. The van der Waals surface area contributed by atoms with Crippen LogP contribution in [0.15, 0.2) is 18.2 Å². The highest BCUT2D eigenvalue weighted by Crippen LogP contribution is 2.38. The largest absolute Gasteiger partial charge is 0.494 e. The van der Waals surface area contributed by atoms with Crippen molar-refractivity contribution in [3.05, 3.63) is 41.2 Å². The van der Waals surface area contributed by atoms with E-state index in [0.29, 0.717) is 12.5 Å².